The molecule has 1 saturated heterocycles. The van der Waals surface area contributed by atoms with Gasteiger partial charge in [-0.3, -0.25) is 14.4 Å². The molecule has 10 heteroatoms. The monoisotopic (exact) mass is 587 g/mol. The van der Waals surface area contributed by atoms with Crippen LogP contribution in [0.1, 0.15) is 29.5 Å². The largest absolute Gasteiger partial charge is 0.508 e. The molecule has 0 aliphatic carbocycles. The molecule has 3 aromatic rings. The van der Waals surface area contributed by atoms with E-state index in [-0.39, 0.29) is 18.1 Å². The third-order valence-electron chi connectivity index (χ3n) is 7.41. The summed E-state index contributed by atoms with van der Waals surface area (Å²) in [6.07, 6.45) is 2.28. The number of primary amides is 1. The van der Waals surface area contributed by atoms with Crippen molar-refractivity contribution < 1.29 is 19.5 Å². The van der Waals surface area contributed by atoms with Crippen molar-refractivity contribution in [1.29, 1.82) is 0 Å². The molecule has 1 aliphatic heterocycles. The van der Waals surface area contributed by atoms with Crippen molar-refractivity contribution in [2.24, 2.45) is 11.5 Å². The molecule has 7 N–H and O–H groups in total. The first-order valence-electron chi connectivity index (χ1n) is 14.0. The van der Waals surface area contributed by atoms with E-state index < -0.39 is 36.0 Å². The zero-order chi connectivity index (χ0) is 30.1. The summed E-state index contributed by atoms with van der Waals surface area (Å²) in [4.78, 5) is 41.3. The first kappa shape index (κ1) is 30.7. The van der Waals surface area contributed by atoms with Crippen LogP contribution in [0.25, 0.3) is 0 Å². The second-order valence-corrected chi connectivity index (χ2v) is 11.0. The number of thiocarbonyl (C=S) groups is 1. The van der Waals surface area contributed by atoms with Gasteiger partial charge in [-0.05, 0) is 48.1 Å². The van der Waals surface area contributed by atoms with E-state index in [1.807, 2.05) is 60.7 Å². The minimum absolute atomic E-state index is 0.144. The molecule has 0 aromatic heterocycles. The first-order chi connectivity index (χ1) is 20.2. The Hall–Kier alpha value is -4.28. The Morgan fingerprint density at radius 1 is 0.833 bits per heavy atom. The van der Waals surface area contributed by atoms with E-state index in [0.717, 1.165) is 23.1 Å². The third kappa shape index (κ3) is 8.37. The fourth-order valence-electron chi connectivity index (χ4n) is 5.16. The quantitative estimate of drug-likeness (QED) is 0.203. The number of likely N-dealkylation sites (tertiary alicyclic amines) is 1. The Kier molecular flexibility index (Phi) is 10.6. The molecule has 1 aliphatic rings. The molecule has 0 radical (unpaired) electrons. The zero-order valence-corrected chi connectivity index (χ0v) is 24.1. The van der Waals surface area contributed by atoms with Crippen LogP contribution < -0.4 is 22.1 Å². The van der Waals surface area contributed by atoms with E-state index >= 15 is 0 Å². The number of aromatic hydroxyl groups is 1. The van der Waals surface area contributed by atoms with Gasteiger partial charge in [-0.1, -0.05) is 85.0 Å². The molecular formula is C32H37N5O4S. The third-order valence-corrected chi connectivity index (χ3v) is 7.80. The maximum absolute atomic E-state index is 13.6. The molecule has 9 nitrogen and oxygen atoms in total. The second kappa shape index (κ2) is 14.6. The van der Waals surface area contributed by atoms with Crippen LogP contribution in [-0.4, -0.2) is 63.4 Å². The summed E-state index contributed by atoms with van der Waals surface area (Å²) in [5.74, 6) is -1.13. The number of carbonyl (C=O) groups is 3. The van der Waals surface area contributed by atoms with Crippen molar-refractivity contribution in [1.82, 2.24) is 15.5 Å². The Labute approximate surface area is 251 Å². The lowest BCUT2D eigenvalue weighted by molar-refractivity contribution is -0.132. The van der Waals surface area contributed by atoms with Gasteiger partial charge in [0.15, 0.2) is 0 Å². The number of amides is 3. The molecule has 42 heavy (non-hydrogen) atoms. The van der Waals surface area contributed by atoms with Crippen molar-refractivity contribution in [2.45, 2.75) is 56.3 Å². The van der Waals surface area contributed by atoms with Gasteiger partial charge in [0.2, 0.25) is 17.7 Å². The van der Waals surface area contributed by atoms with Gasteiger partial charge in [-0.2, -0.15) is 0 Å². The van der Waals surface area contributed by atoms with E-state index in [1.165, 1.54) is 0 Å². The number of rotatable bonds is 12. The molecule has 220 valence electrons. The number of nitrogens with zero attached hydrogens (tertiary/aromatic N) is 1. The van der Waals surface area contributed by atoms with Crippen LogP contribution in [0.2, 0.25) is 0 Å². The lowest BCUT2D eigenvalue weighted by Gasteiger charge is -2.30. The molecule has 3 aromatic carbocycles. The van der Waals surface area contributed by atoms with Crippen LogP contribution in [0, 0.1) is 0 Å². The lowest BCUT2D eigenvalue weighted by Crippen LogP contribution is -2.57. The molecule has 0 unspecified atom stereocenters. The number of nitrogens with two attached hydrogens (primary N) is 2. The van der Waals surface area contributed by atoms with Gasteiger partial charge in [0.25, 0.3) is 0 Å². The molecular weight excluding hydrogens is 550 g/mol. The highest BCUT2D eigenvalue weighted by molar-refractivity contribution is 7.80. The summed E-state index contributed by atoms with van der Waals surface area (Å²) in [6.45, 7) is 0.505. The molecule has 3 amide bonds. The van der Waals surface area contributed by atoms with Crippen LogP contribution in [0.5, 0.6) is 5.75 Å². The molecule has 0 bridgehead atoms. The summed E-state index contributed by atoms with van der Waals surface area (Å²) >= 11 is 5.78. The van der Waals surface area contributed by atoms with Crippen LogP contribution >= 0.6 is 12.2 Å². The van der Waals surface area contributed by atoms with Crippen LogP contribution in [-0.2, 0) is 33.6 Å². The Morgan fingerprint density at radius 2 is 1.38 bits per heavy atom. The van der Waals surface area contributed by atoms with Gasteiger partial charge in [-0.25, -0.2) is 0 Å². The summed E-state index contributed by atoms with van der Waals surface area (Å²) in [5, 5.41) is 15.5. The molecule has 4 atom stereocenters. The van der Waals surface area contributed by atoms with Gasteiger partial charge in [0.1, 0.15) is 17.8 Å². The average molecular weight is 588 g/mol. The van der Waals surface area contributed by atoms with E-state index in [2.05, 4.69) is 10.6 Å². The SMILES string of the molecule is NC(=O)[C@H](Cc1ccccc1)NC(=O)[C@H](Cc1ccccc1)NC(=S)[C@@H]1CCCN1C(=O)[C@@H](N)Cc1ccc(O)cc1. The zero-order valence-electron chi connectivity index (χ0n) is 23.3. The Balaban J connectivity index is 1.46. The van der Waals surface area contributed by atoms with Crippen molar-refractivity contribution in [3.8, 4) is 5.75 Å². The van der Waals surface area contributed by atoms with Crippen LogP contribution in [0.4, 0.5) is 0 Å². The summed E-state index contributed by atoms with van der Waals surface area (Å²) in [6, 6.07) is 22.5. The normalized spacial score (nSPS) is 16.7. The lowest BCUT2D eigenvalue weighted by atomic mass is 10.0. The van der Waals surface area contributed by atoms with Gasteiger partial charge >= 0.3 is 0 Å². The summed E-state index contributed by atoms with van der Waals surface area (Å²) in [5.41, 5.74) is 14.6. The fourth-order valence-corrected chi connectivity index (χ4v) is 5.55. The molecule has 1 fully saturated rings. The molecule has 4 rings (SSSR count). The van der Waals surface area contributed by atoms with E-state index in [4.69, 9.17) is 23.7 Å². The maximum atomic E-state index is 13.6. The highest BCUT2D eigenvalue weighted by Crippen LogP contribution is 2.21. The Morgan fingerprint density at radius 3 is 1.95 bits per heavy atom. The van der Waals surface area contributed by atoms with E-state index in [0.29, 0.717) is 30.8 Å². The highest BCUT2D eigenvalue weighted by Gasteiger charge is 2.36. The minimum atomic E-state index is -0.906. The predicted molar refractivity (Wildman–Crippen MR) is 165 cm³/mol. The topological polar surface area (TPSA) is 151 Å². The number of phenolic OH excluding ortho intramolecular Hbond substituents is 1. The van der Waals surface area contributed by atoms with Crippen molar-refractivity contribution >= 4 is 34.9 Å². The number of nitrogens with one attached hydrogen (secondary N) is 2. The highest BCUT2D eigenvalue weighted by atomic mass is 32.1. The molecule has 1 heterocycles. The van der Waals surface area contributed by atoms with Gasteiger partial charge in [0.05, 0.1) is 17.1 Å². The number of phenols is 1. The second-order valence-electron chi connectivity index (χ2n) is 10.6. The van der Waals surface area contributed by atoms with E-state index in [9.17, 15) is 19.5 Å². The van der Waals surface area contributed by atoms with Crippen LogP contribution in [0.15, 0.2) is 84.9 Å². The first-order valence-corrected chi connectivity index (χ1v) is 14.4. The predicted octanol–water partition coefficient (Wildman–Crippen LogP) is 1.99. The number of carbonyl (C=O) groups excluding carboxylic acids is 3. The standard InChI is InChI=1S/C32H37N5O4S/c33-25(18-23-13-15-24(38)16-14-23)32(41)37-17-7-12-28(37)31(42)36-27(20-22-10-5-2-6-11-22)30(40)35-26(29(34)39)19-21-8-3-1-4-9-21/h1-6,8-11,13-16,25-28,38H,7,12,17-20,33H2,(H2,34,39)(H,35,40)(H,36,42)/t25-,26-,27-,28-/m0/s1. The average Bonchev–Trinajstić information content (AvgIpc) is 3.48. The number of hydrogen-bond donors (Lipinski definition) is 5. The summed E-state index contributed by atoms with van der Waals surface area (Å²) in [7, 11) is 0. The number of hydrogen-bond acceptors (Lipinski definition) is 6. The van der Waals surface area contributed by atoms with Crippen molar-refractivity contribution in [3.63, 3.8) is 0 Å². The van der Waals surface area contributed by atoms with Crippen molar-refractivity contribution in [2.75, 3.05) is 6.54 Å². The fraction of sp³-hybridized carbons (Fsp3) is 0.312. The molecule has 0 spiro atoms. The smallest absolute Gasteiger partial charge is 0.243 e. The van der Waals surface area contributed by atoms with Crippen LogP contribution in [0.3, 0.4) is 0 Å². The van der Waals surface area contributed by atoms with Gasteiger partial charge < -0.3 is 32.1 Å². The summed E-state index contributed by atoms with van der Waals surface area (Å²) < 4.78 is 0. The van der Waals surface area contributed by atoms with Gasteiger partial charge in [0, 0.05) is 19.4 Å². The maximum Gasteiger partial charge on any atom is 0.243 e. The van der Waals surface area contributed by atoms with Gasteiger partial charge in [-0.15, -0.1) is 0 Å². The Bertz CT molecular complexity index is 1370. The van der Waals surface area contributed by atoms with Crippen molar-refractivity contribution in [3.05, 3.63) is 102 Å². The number of benzene rings is 3. The minimum Gasteiger partial charge on any atom is -0.508 e. The van der Waals surface area contributed by atoms with E-state index in [1.54, 1.807) is 29.2 Å². The molecule has 0 saturated carbocycles.